The molecule has 0 aromatic heterocycles. The Morgan fingerprint density at radius 1 is 1.33 bits per heavy atom. The summed E-state index contributed by atoms with van der Waals surface area (Å²) >= 11 is 0. The van der Waals surface area contributed by atoms with Gasteiger partial charge in [-0.3, -0.25) is 0 Å². The molecule has 0 rings (SSSR count). The highest BCUT2D eigenvalue weighted by Gasteiger charge is 2.08. The van der Waals surface area contributed by atoms with E-state index in [4.69, 9.17) is 0 Å². The highest BCUT2D eigenvalue weighted by Crippen LogP contribution is 2.02. The summed E-state index contributed by atoms with van der Waals surface area (Å²) in [6, 6.07) is 0.352. The van der Waals surface area contributed by atoms with E-state index in [1.54, 1.807) is 0 Å². The average Bonchev–Trinajstić information content (AvgIpc) is 1.96. The fraction of sp³-hybridized carbons (Fsp3) is 1.00. The van der Waals surface area contributed by atoms with Crippen LogP contribution in [-0.2, 0) is 9.84 Å². The number of hydrogen-bond acceptors (Lipinski definition) is 3. The Bertz CT molecular complexity index is 199. The molecule has 0 aromatic carbocycles. The van der Waals surface area contributed by atoms with Crippen LogP contribution in [0.5, 0.6) is 0 Å². The molecule has 74 valence electrons. The van der Waals surface area contributed by atoms with Gasteiger partial charge in [0, 0.05) is 12.3 Å². The SMILES string of the molecule is CCCC(CCS(C)(=O)=O)NC. The van der Waals surface area contributed by atoms with E-state index in [9.17, 15) is 8.42 Å². The number of hydrogen-bond donors (Lipinski definition) is 1. The Kier molecular flexibility index (Phi) is 5.50. The van der Waals surface area contributed by atoms with Crippen molar-refractivity contribution in [2.45, 2.75) is 32.2 Å². The molecule has 0 bridgehead atoms. The van der Waals surface area contributed by atoms with Crippen molar-refractivity contribution in [3.8, 4) is 0 Å². The molecule has 12 heavy (non-hydrogen) atoms. The zero-order chi connectivity index (χ0) is 9.61. The molecular weight excluding hydrogens is 174 g/mol. The highest BCUT2D eigenvalue weighted by molar-refractivity contribution is 7.90. The van der Waals surface area contributed by atoms with E-state index in [0.29, 0.717) is 11.8 Å². The number of sulfone groups is 1. The van der Waals surface area contributed by atoms with Crippen LogP contribution in [0.1, 0.15) is 26.2 Å². The minimum Gasteiger partial charge on any atom is -0.317 e. The van der Waals surface area contributed by atoms with Crippen molar-refractivity contribution < 1.29 is 8.42 Å². The molecule has 0 spiro atoms. The molecule has 3 nitrogen and oxygen atoms in total. The van der Waals surface area contributed by atoms with Gasteiger partial charge in [0.1, 0.15) is 9.84 Å². The molecule has 0 fully saturated rings. The van der Waals surface area contributed by atoms with Crippen molar-refractivity contribution in [1.29, 1.82) is 0 Å². The van der Waals surface area contributed by atoms with Gasteiger partial charge in [0.2, 0.25) is 0 Å². The minimum absolute atomic E-state index is 0.290. The van der Waals surface area contributed by atoms with Gasteiger partial charge in [-0.05, 0) is 19.9 Å². The molecule has 1 atom stereocenters. The second-order valence-electron chi connectivity index (χ2n) is 3.19. The summed E-state index contributed by atoms with van der Waals surface area (Å²) < 4.78 is 21.7. The van der Waals surface area contributed by atoms with Crippen LogP contribution in [0.2, 0.25) is 0 Å². The standard InChI is InChI=1S/C8H19NO2S/c1-4-5-8(9-2)6-7-12(3,10)11/h8-9H,4-7H2,1-3H3. The molecule has 1 N–H and O–H groups in total. The van der Waals surface area contributed by atoms with E-state index in [-0.39, 0.29) is 0 Å². The van der Waals surface area contributed by atoms with Gasteiger partial charge in [-0.25, -0.2) is 8.42 Å². The molecule has 0 aromatic rings. The van der Waals surface area contributed by atoms with Crippen LogP contribution in [0.3, 0.4) is 0 Å². The van der Waals surface area contributed by atoms with Crippen LogP contribution < -0.4 is 5.32 Å². The normalized spacial score (nSPS) is 14.6. The first-order valence-corrected chi connectivity index (χ1v) is 6.40. The van der Waals surface area contributed by atoms with E-state index in [1.165, 1.54) is 6.26 Å². The van der Waals surface area contributed by atoms with Gasteiger partial charge in [-0.2, -0.15) is 0 Å². The average molecular weight is 193 g/mol. The summed E-state index contributed by atoms with van der Waals surface area (Å²) in [6.45, 7) is 2.10. The third-order valence-corrected chi connectivity index (χ3v) is 2.86. The lowest BCUT2D eigenvalue weighted by molar-refractivity contribution is 0.499. The zero-order valence-electron chi connectivity index (χ0n) is 8.13. The van der Waals surface area contributed by atoms with Crippen molar-refractivity contribution in [2.24, 2.45) is 0 Å². The maximum absolute atomic E-state index is 10.8. The van der Waals surface area contributed by atoms with Gasteiger partial charge in [0.25, 0.3) is 0 Å². The van der Waals surface area contributed by atoms with Gasteiger partial charge in [0.05, 0.1) is 5.75 Å². The molecule has 0 saturated carbocycles. The summed E-state index contributed by atoms with van der Waals surface area (Å²) in [5, 5.41) is 3.11. The third-order valence-electron chi connectivity index (χ3n) is 1.88. The van der Waals surface area contributed by atoms with E-state index >= 15 is 0 Å². The number of rotatable bonds is 6. The molecule has 0 radical (unpaired) electrons. The second-order valence-corrected chi connectivity index (χ2v) is 5.45. The largest absolute Gasteiger partial charge is 0.317 e. The van der Waals surface area contributed by atoms with Gasteiger partial charge in [0.15, 0.2) is 0 Å². The maximum atomic E-state index is 10.8. The van der Waals surface area contributed by atoms with Crippen LogP contribution in [0.15, 0.2) is 0 Å². The van der Waals surface area contributed by atoms with Gasteiger partial charge >= 0.3 is 0 Å². The van der Waals surface area contributed by atoms with E-state index in [2.05, 4.69) is 12.2 Å². The monoisotopic (exact) mass is 193 g/mol. The van der Waals surface area contributed by atoms with Gasteiger partial charge < -0.3 is 5.32 Å². The molecule has 4 heteroatoms. The maximum Gasteiger partial charge on any atom is 0.147 e. The van der Waals surface area contributed by atoms with Crippen molar-refractivity contribution in [2.75, 3.05) is 19.1 Å². The Hall–Kier alpha value is -0.0900. The lowest BCUT2D eigenvalue weighted by Crippen LogP contribution is -2.27. The smallest absolute Gasteiger partial charge is 0.147 e. The quantitative estimate of drug-likeness (QED) is 0.679. The Morgan fingerprint density at radius 3 is 2.25 bits per heavy atom. The van der Waals surface area contributed by atoms with Crippen LogP contribution >= 0.6 is 0 Å². The third kappa shape index (κ3) is 6.61. The fourth-order valence-corrected chi connectivity index (χ4v) is 1.85. The summed E-state index contributed by atoms with van der Waals surface area (Å²) in [6.07, 6.45) is 4.15. The summed E-state index contributed by atoms with van der Waals surface area (Å²) in [5.74, 6) is 0.290. The van der Waals surface area contributed by atoms with Gasteiger partial charge in [-0.1, -0.05) is 13.3 Å². The first-order chi connectivity index (χ1) is 5.49. The molecule has 0 amide bonds. The zero-order valence-corrected chi connectivity index (χ0v) is 8.95. The molecule has 0 aliphatic heterocycles. The predicted molar refractivity (Wildman–Crippen MR) is 52.1 cm³/mol. The fourth-order valence-electron chi connectivity index (χ4n) is 1.14. The molecule has 0 aliphatic carbocycles. The summed E-state index contributed by atoms with van der Waals surface area (Å²) in [5.41, 5.74) is 0. The Labute approximate surface area is 75.5 Å². The second kappa shape index (κ2) is 5.54. The van der Waals surface area contributed by atoms with Crippen molar-refractivity contribution in [1.82, 2.24) is 5.32 Å². The highest BCUT2D eigenvalue weighted by atomic mass is 32.2. The summed E-state index contributed by atoms with van der Waals surface area (Å²) in [7, 11) is -0.910. The lowest BCUT2D eigenvalue weighted by atomic mass is 10.1. The Morgan fingerprint density at radius 2 is 1.92 bits per heavy atom. The van der Waals surface area contributed by atoms with Crippen LogP contribution in [0, 0.1) is 0 Å². The molecule has 0 saturated heterocycles. The molecule has 1 unspecified atom stereocenters. The first-order valence-electron chi connectivity index (χ1n) is 4.34. The van der Waals surface area contributed by atoms with Gasteiger partial charge in [-0.15, -0.1) is 0 Å². The first kappa shape index (κ1) is 11.9. The molecule has 0 heterocycles. The minimum atomic E-state index is -2.79. The van der Waals surface area contributed by atoms with Crippen LogP contribution in [-0.4, -0.2) is 33.5 Å². The van der Waals surface area contributed by atoms with Crippen molar-refractivity contribution in [3.05, 3.63) is 0 Å². The van der Waals surface area contributed by atoms with E-state index < -0.39 is 9.84 Å². The van der Waals surface area contributed by atoms with E-state index in [0.717, 1.165) is 19.3 Å². The van der Waals surface area contributed by atoms with Crippen molar-refractivity contribution in [3.63, 3.8) is 0 Å². The van der Waals surface area contributed by atoms with Crippen LogP contribution in [0.4, 0.5) is 0 Å². The van der Waals surface area contributed by atoms with Crippen molar-refractivity contribution >= 4 is 9.84 Å². The topological polar surface area (TPSA) is 46.2 Å². The number of nitrogens with one attached hydrogen (secondary N) is 1. The Balaban J connectivity index is 3.73. The van der Waals surface area contributed by atoms with Crippen LogP contribution in [0.25, 0.3) is 0 Å². The summed E-state index contributed by atoms with van der Waals surface area (Å²) in [4.78, 5) is 0. The molecule has 0 aliphatic rings. The van der Waals surface area contributed by atoms with E-state index in [1.807, 2.05) is 7.05 Å². The predicted octanol–water partition coefficient (Wildman–Crippen LogP) is 0.809. The molecular formula is C8H19NO2S. The lowest BCUT2D eigenvalue weighted by Gasteiger charge is -2.13.